The molecule has 4 nitrogen and oxygen atoms in total. The molecule has 4 heteroatoms. The second-order valence-electron chi connectivity index (χ2n) is 7.23. The zero-order valence-corrected chi connectivity index (χ0v) is 13.9. The molecular weight excluding hydrogens is 260 g/mol. The number of nitrogens with one attached hydrogen (secondary N) is 1. The molecule has 0 bridgehead atoms. The van der Waals surface area contributed by atoms with Crippen molar-refractivity contribution in [1.82, 2.24) is 15.1 Å². The quantitative estimate of drug-likeness (QED) is 0.640. The van der Waals surface area contributed by atoms with Crippen molar-refractivity contribution in [3.8, 4) is 0 Å². The molecule has 1 spiro atoms. The molecule has 2 saturated heterocycles. The summed E-state index contributed by atoms with van der Waals surface area (Å²) in [6.07, 6.45) is 9.77. The number of rotatable bonds is 3. The lowest BCUT2D eigenvalue weighted by Crippen LogP contribution is -2.50. The van der Waals surface area contributed by atoms with E-state index in [9.17, 15) is 0 Å². The van der Waals surface area contributed by atoms with E-state index in [1.807, 2.05) is 7.05 Å². The van der Waals surface area contributed by atoms with Gasteiger partial charge < -0.3 is 10.2 Å². The number of nitrogens with zero attached hydrogens (tertiary/aromatic N) is 3. The molecule has 0 aromatic carbocycles. The smallest absolute Gasteiger partial charge is 0.193 e. The van der Waals surface area contributed by atoms with Gasteiger partial charge in [-0.25, -0.2) is 0 Å². The van der Waals surface area contributed by atoms with Crippen LogP contribution in [0.5, 0.6) is 0 Å². The molecule has 3 aliphatic rings. The van der Waals surface area contributed by atoms with E-state index < -0.39 is 0 Å². The third kappa shape index (κ3) is 3.20. The largest absolute Gasteiger partial charge is 0.355 e. The maximum absolute atomic E-state index is 4.54. The van der Waals surface area contributed by atoms with Crippen LogP contribution in [0, 0.1) is 5.41 Å². The number of likely N-dealkylation sites (tertiary alicyclic amines) is 2. The van der Waals surface area contributed by atoms with Crippen LogP contribution < -0.4 is 5.32 Å². The van der Waals surface area contributed by atoms with Crippen molar-refractivity contribution < 1.29 is 0 Å². The van der Waals surface area contributed by atoms with Gasteiger partial charge in [0.2, 0.25) is 0 Å². The van der Waals surface area contributed by atoms with Gasteiger partial charge in [-0.05, 0) is 50.6 Å². The first-order valence-electron chi connectivity index (χ1n) is 8.96. The highest BCUT2D eigenvalue weighted by Gasteiger charge is 2.43. The molecule has 1 aliphatic carbocycles. The van der Waals surface area contributed by atoms with Crippen molar-refractivity contribution in [3.63, 3.8) is 0 Å². The summed E-state index contributed by atoms with van der Waals surface area (Å²) in [5, 5.41) is 3.67. The van der Waals surface area contributed by atoms with E-state index in [0.717, 1.165) is 12.5 Å². The Morgan fingerprint density at radius 2 is 2.05 bits per heavy atom. The minimum atomic E-state index is 0.651. The minimum absolute atomic E-state index is 0.651. The first kappa shape index (κ1) is 15.1. The number of piperidine rings is 1. The van der Waals surface area contributed by atoms with Crippen molar-refractivity contribution in [2.75, 3.05) is 39.8 Å². The van der Waals surface area contributed by atoms with Gasteiger partial charge in [0.1, 0.15) is 0 Å². The Morgan fingerprint density at radius 3 is 2.67 bits per heavy atom. The minimum Gasteiger partial charge on any atom is -0.355 e. The van der Waals surface area contributed by atoms with Crippen LogP contribution in [0.3, 0.4) is 0 Å². The molecule has 1 atom stereocenters. The van der Waals surface area contributed by atoms with Crippen LogP contribution in [-0.2, 0) is 0 Å². The van der Waals surface area contributed by atoms with Crippen LogP contribution in [0.4, 0.5) is 0 Å². The predicted octanol–water partition coefficient (Wildman–Crippen LogP) is 2.31. The molecule has 3 rings (SSSR count). The van der Waals surface area contributed by atoms with Crippen molar-refractivity contribution >= 4 is 5.96 Å². The van der Waals surface area contributed by atoms with E-state index in [1.165, 1.54) is 71.1 Å². The highest BCUT2D eigenvalue weighted by molar-refractivity contribution is 5.80. The van der Waals surface area contributed by atoms with Gasteiger partial charge in [-0.1, -0.05) is 19.8 Å². The fraction of sp³-hybridized carbons (Fsp3) is 0.941. The summed E-state index contributed by atoms with van der Waals surface area (Å²) in [4.78, 5) is 9.67. The number of guanidine groups is 1. The first-order chi connectivity index (χ1) is 10.3. The Labute approximate surface area is 130 Å². The van der Waals surface area contributed by atoms with Crippen LogP contribution >= 0.6 is 0 Å². The Balaban J connectivity index is 1.51. The summed E-state index contributed by atoms with van der Waals surface area (Å²) in [7, 11) is 1.94. The monoisotopic (exact) mass is 292 g/mol. The van der Waals surface area contributed by atoms with Crippen LogP contribution in [0.1, 0.15) is 51.9 Å². The molecule has 0 radical (unpaired) electrons. The average molecular weight is 292 g/mol. The van der Waals surface area contributed by atoms with E-state index in [2.05, 4.69) is 27.0 Å². The Morgan fingerprint density at radius 1 is 1.19 bits per heavy atom. The Kier molecular flexibility index (Phi) is 4.72. The molecule has 0 aromatic heterocycles. The summed E-state index contributed by atoms with van der Waals surface area (Å²) < 4.78 is 0. The van der Waals surface area contributed by atoms with E-state index in [0.29, 0.717) is 11.5 Å². The third-order valence-electron chi connectivity index (χ3n) is 6.01. The van der Waals surface area contributed by atoms with Crippen molar-refractivity contribution in [3.05, 3.63) is 0 Å². The summed E-state index contributed by atoms with van der Waals surface area (Å²) in [6, 6.07) is 0.695. The highest BCUT2D eigenvalue weighted by Crippen LogP contribution is 2.47. The Bertz CT molecular complexity index is 375. The standard InChI is InChI=1S/C17H32N4/c1-3-20-11-5-4-7-15(20)13-19-16(18-2)21-12-10-17(14-21)8-6-9-17/h15H,3-14H2,1-2H3,(H,18,19). The fourth-order valence-electron chi connectivity index (χ4n) is 4.45. The molecular formula is C17H32N4. The van der Waals surface area contributed by atoms with Crippen molar-refractivity contribution in [2.45, 2.75) is 57.9 Å². The van der Waals surface area contributed by atoms with E-state index in [4.69, 9.17) is 0 Å². The average Bonchev–Trinajstić information content (AvgIpc) is 2.94. The third-order valence-corrected chi connectivity index (χ3v) is 6.01. The van der Waals surface area contributed by atoms with Gasteiger partial charge in [0.15, 0.2) is 5.96 Å². The Hall–Kier alpha value is -0.770. The zero-order chi connectivity index (χ0) is 14.7. The van der Waals surface area contributed by atoms with Gasteiger partial charge >= 0.3 is 0 Å². The van der Waals surface area contributed by atoms with Gasteiger partial charge in [0.05, 0.1) is 0 Å². The van der Waals surface area contributed by atoms with Gasteiger partial charge in [0.25, 0.3) is 0 Å². The molecule has 120 valence electrons. The van der Waals surface area contributed by atoms with Crippen molar-refractivity contribution in [2.24, 2.45) is 10.4 Å². The molecule has 0 aromatic rings. The molecule has 21 heavy (non-hydrogen) atoms. The summed E-state index contributed by atoms with van der Waals surface area (Å²) in [5.74, 6) is 1.14. The van der Waals surface area contributed by atoms with Crippen LogP contribution in [0.25, 0.3) is 0 Å². The number of likely N-dealkylation sites (N-methyl/N-ethyl adjacent to an activating group) is 1. The first-order valence-corrected chi connectivity index (χ1v) is 8.96. The zero-order valence-electron chi connectivity index (χ0n) is 13.9. The topological polar surface area (TPSA) is 30.9 Å². The van der Waals surface area contributed by atoms with Gasteiger partial charge in [-0.3, -0.25) is 9.89 Å². The van der Waals surface area contributed by atoms with Crippen molar-refractivity contribution in [1.29, 1.82) is 0 Å². The lowest BCUT2D eigenvalue weighted by molar-refractivity contribution is 0.149. The molecule has 3 fully saturated rings. The number of hydrogen-bond acceptors (Lipinski definition) is 2. The number of aliphatic imine (C=N–C) groups is 1. The maximum Gasteiger partial charge on any atom is 0.193 e. The molecule has 2 aliphatic heterocycles. The second kappa shape index (κ2) is 6.55. The molecule has 2 heterocycles. The van der Waals surface area contributed by atoms with E-state index >= 15 is 0 Å². The summed E-state index contributed by atoms with van der Waals surface area (Å²) in [5.41, 5.74) is 0.651. The van der Waals surface area contributed by atoms with Crippen LogP contribution in [-0.4, -0.2) is 61.6 Å². The van der Waals surface area contributed by atoms with Gasteiger partial charge in [-0.2, -0.15) is 0 Å². The normalized spacial score (nSPS) is 29.7. The summed E-state index contributed by atoms with van der Waals surface area (Å²) in [6.45, 7) is 8.22. The molecule has 0 amide bonds. The lowest BCUT2D eigenvalue weighted by Gasteiger charge is -2.38. The van der Waals surface area contributed by atoms with Crippen LogP contribution in [0.15, 0.2) is 4.99 Å². The van der Waals surface area contributed by atoms with Crippen LogP contribution in [0.2, 0.25) is 0 Å². The van der Waals surface area contributed by atoms with E-state index in [1.54, 1.807) is 0 Å². The SMILES string of the molecule is CCN1CCCCC1CNC(=NC)N1CCC2(CCC2)C1. The molecule has 1 saturated carbocycles. The summed E-state index contributed by atoms with van der Waals surface area (Å²) >= 11 is 0. The van der Waals surface area contributed by atoms with Gasteiger partial charge in [-0.15, -0.1) is 0 Å². The fourth-order valence-corrected chi connectivity index (χ4v) is 4.45. The predicted molar refractivity (Wildman–Crippen MR) is 88.7 cm³/mol. The highest BCUT2D eigenvalue weighted by atomic mass is 15.3. The van der Waals surface area contributed by atoms with Gasteiger partial charge in [0, 0.05) is 32.7 Å². The lowest BCUT2D eigenvalue weighted by atomic mass is 9.68. The van der Waals surface area contributed by atoms with E-state index in [-0.39, 0.29) is 0 Å². The molecule has 1 N–H and O–H groups in total. The molecule has 1 unspecified atom stereocenters. The second-order valence-corrected chi connectivity index (χ2v) is 7.23. The maximum atomic E-state index is 4.54. The number of hydrogen-bond donors (Lipinski definition) is 1.